The van der Waals surface area contributed by atoms with Crippen LogP contribution in [0.5, 0.6) is 0 Å². The lowest BCUT2D eigenvalue weighted by Crippen LogP contribution is -2.32. The highest BCUT2D eigenvalue weighted by Gasteiger charge is 2.32. The lowest BCUT2D eigenvalue weighted by atomic mass is 10.2. The van der Waals surface area contributed by atoms with Crippen molar-refractivity contribution in [3.8, 4) is 11.4 Å². The van der Waals surface area contributed by atoms with Gasteiger partial charge in [0.2, 0.25) is 5.95 Å². The molecule has 1 aromatic carbocycles. The van der Waals surface area contributed by atoms with Gasteiger partial charge in [0.05, 0.1) is 0 Å². The van der Waals surface area contributed by atoms with Crippen molar-refractivity contribution in [1.29, 1.82) is 0 Å². The van der Waals surface area contributed by atoms with Crippen molar-refractivity contribution in [1.82, 2.24) is 19.7 Å². The van der Waals surface area contributed by atoms with Crippen LogP contribution in [0.2, 0.25) is 0 Å². The van der Waals surface area contributed by atoms with Gasteiger partial charge >= 0.3 is 0 Å². The van der Waals surface area contributed by atoms with E-state index in [1.165, 1.54) is 0 Å². The number of hydrogen-bond acceptors (Lipinski definition) is 5. The Kier molecular flexibility index (Phi) is 2.19. The number of anilines is 1. The maximum absolute atomic E-state index is 4.54. The topological polar surface area (TPSA) is 55.6 Å². The van der Waals surface area contributed by atoms with Crippen LogP contribution < -0.4 is 5.32 Å². The van der Waals surface area contributed by atoms with Crippen molar-refractivity contribution in [2.45, 2.75) is 13.1 Å². The van der Waals surface area contributed by atoms with Crippen LogP contribution in [-0.2, 0) is 0 Å². The minimum Gasteiger partial charge on any atom is -0.327 e. The Morgan fingerprint density at radius 1 is 1.21 bits per heavy atom. The zero-order chi connectivity index (χ0) is 12.8. The molecule has 1 aliphatic rings. The predicted molar refractivity (Wildman–Crippen MR) is 74.1 cm³/mol. The van der Waals surface area contributed by atoms with E-state index in [1.807, 2.05) is 47.3 Å². The highest BCUT2D eigenvalue weighted by molar-refractivity contribution is 7.09. The molecule has 1 aliphatic heterocycles. The number of nitrogens with zero attached hydrogens (tertiary/aromatic N) is 4. The first-order chi connectivity index (χ1) is 9.31. The molecule has 2 aromatic heterocycles. The second-order valence-corrected chi connectivity index (χ2v) is 5.33. The van der Waals surface area contributed by atoms with Gasteiger partial charge in [0, 0.05) is 16.6 Å². The molecule has 5 nitrogen and oxygen atoms in total. The fourth-order valence-corrected chi connectivity index (χ4v) is 2.92. The lowest BCUT2D eigenvalue weighted by Gasteiger charge is -2.26. The van der Waals surface area contributed by atoms with Crippen LogP contribution in [-0.4, -0.2) is 19.7 Å². The summed E-state index contributed by atoms with van der Waals surface area (Å²) in [5.74, 6) is 1.55. The van der Waals surface area contributed by atoms with Crippen molar-refractivity contribution >= 4 is 17.3 Å². The molecule has 0 radical (unpaired) electrons. The summed E-state index contributed by atoms with van der Waals surface area (Å²) in [4.78, 5) is 8.95. The van der Waals surface area contributed by atoms with E-state index in [1.54, 1.807) is 11.3 Å². The number of benzene rings is 1. The molecular formula is C13H11N5S. The molecule has 94 valence electrons. The second kappa shape index (κ2) is 3.89. The minimum absolute atomic E-state index is 0.0265. The molecule has 6 heteroatoms. The van der Waals surface area contributed by atoms with Crippen LogP contribution in [0.15, 0.2) is 35.7 Å². The molecule has 0 bridgehead atoms. The molecule has 0 saturated carbocycles. The van der Waals surface area contributed by atoms with Crippen LogP contribution >= 0.6 is 11.3 Å². The Balaban J connectivity index is 1.70. The zero-order valence-electron chi connectivity index (χ0n) is 10.2. The van der Waals surface area contributed by atoms with Crippen molar-refractivity contribution in [3.63, 3.8) is 0 Å². The Hall–Kier alpha value is -2.21. The van der Waals surface area contributed by atoms with Crippen LogP contribution in [0, 0.1) is 6.92 Å². The standard InChI is InChI=1S/C13H11N5S/c1-8-7-19-12(14-8)11-16-13-15-10(17-18(11)13)9-5-3-2-4-6-9/h2-7,11H,1H3,(H,15,16,17). The molecule has 0 saturated heterocycles. The summed E-state index contributed by atoms with van der Waals surface area (Å²) in [7, 11) is 0. The monoisotopic (exact) mass is 269 g/mol. The molecule has 3 heterocycles. The number of hydrogen-bond donors (Lipinski definition) is 1. The number of nitrogens with one attached hydrogen (secondary N) is 1. The number of aryl methyl sites for hydroxylation is 1. The van der Waals surface area contributed by atoms with Gasteiger partial charge in [-0.05, 0) is 6.92 Å². The van der Waals surface area contributed by atoms with E-state index in [9.17, 15) is 0 Å². The third kappa shape index (κ3) is 1.64. The largest absolute Gasteiger partial charge is 0.327 e. The summed E-state index contributed by atoms with van der Waals surface area (Å²) in [6.45, 7) is 2.00. The third-order valence-electron chi connectivity index (χ3n) is 3.04. The third-order valence-corrected chi connectivity index (χ3v) is 4.06. The summed E-state index contributed by atoms with van der Waals surface area (Å²) in [6, 6.07) is 9.99. The molecule has 1 atom stereocenters. The fourth-order valence-electron chi connectivity index (χ4n) is 2.09. The summed E-state index contributed by atoms with van der Waals surface area (Å²) in [6.07, 6.45) is 0.0265. The van der Waals surface area contributed by atoms with Crippen LogP contribution in [0.1, 0.15) is 16.9 Å². The highest BCUT2D eigenvalue weighted by Crippen LogP contribution is 2.34. The van der Waals surface area contributed by atoms with E-state index in [-0.39, 0.29) is 6.17 Å². The molecular weight excluding hydrogens is 258 g/mol. The summed E-state index contributed by atoms with van der Waals surface area (Å²) >= 11 is 1.64. The number of aromatic nitrogens is 4. The molecule has 0 amide bonds. The van der Waals surface area contributed by atoms with Crippen molar-refractivity contribution < 1.29 is 0 Å². The first kappa shape index (κ1) is 10.7. The SMILES string of the molecule is Cc1csc(C2Nc3nc(-c4ccccc4)nn32)n1. The van der Waals surface area contributed by atoms with E-state index in [0.717, 1.165) is 28.0 Å². The maximum Gasteiger partial charge on any atom is 0.226 e. The smallest absolute Gasteiger partial charge is 0.226 e. The van der Waals surface area contributed by atoms with Crippen LogP contribution in [0.4, 0.5) is 5.95 Å². The normalized spacial score (nSPS) is 16.6. The zero-order valence-corrected chi connectivity index (χ0v) is 11.1. The Morgan fingerprint density at radius 2 is 2.05 bits per heavy atom. The molecule has 4 rings (SSSR count). The molecule has 1 N–H and O–H groups in total. The highest BCUT2D eigenvalue weighted by atomic mass is 32.1. The Morgan fingerprint density at radius 3 is 2.79 bits per heavy atom. The average Bonchev–Trinajstić information content (AvgIpc) is 2.97. The Bertz CT molecular complexity index is 731. The number of rotatable bonds is 2. The van der Waals surface area contributed by atoms with Crippen LogP contribution in [0.3, 0.4) is 0 Å². The van der Waals surface area contributed by atoms with Gasteiger partial charge in [-0.25, -0.2) is 9.67 Å². The van der Waals surface area contributed by atoms with Gasteiger partial charge in [-0.15, -0.1) is 16.4 Å². The average molecular weight is 269 g/mol. The Labute approximate surface area is 114 Å². The molecule has 0 fully saturated rings. The maximum atomic E-state index is 4.54. The molecule has 19 heavy (non-hydrogen) atoms. The van der Waals surface area contributed by atoms with Gasteiger partial charge in [0.1, 0.15) is 5.01 Å². The molecule has 0 aliphatic carbocycles. The molecule has 0 spiro atoms. The van der Waals surface area contributed by atoms with E-state index >= 15 is 0 Å². The minimum atomic E-state index is 0.0265. The van der Waals surface area contributed by atoms with Gasteiger partial charge in [-0.3, -0.25) is 0 Å². The summed E-state index contributed by atoms with van der Waals surface area (Å²) in [5, 5.41) is 10.9. The summed E-state index contributed by atoms with van der Waals surface area (Å²) in [5.41, 5.74) is 2.07. The van der Waals surface area contributed by atoms with Crippen molar-refractivity contribution in [2.75, 3.05) is 5.32 Å². The van der Waals surface area contributed by atoms with Gasteiger partial charge in [0.15, 0.2) is 12.0 Å². The van der Waals surface area contributed by atoms with E-state index in [2.05, 4.69) is 20.4 Å². The number of thiazole rings is 1. The van der Waals surface area contributed by atoms with Crippen molar-refractivity contribution in [2.24, 2.45) is 0 Å². The van der Waals surface area contributed by atoms with Gasteiger partial charge < -0.3 is 5.32 Å². The van der Waals surface area contributed by atoms with Gasteiger partial charge in [-0.1, -0.05) is 30.3 Å². The lowest BCUT2D eigenvalue weighted by molar-refractivity contribution is 0.508. The quantitative estimate of drug-likeness (QED) is 0.777. The first-order valence-electron chi connectivity index (χ1n) is 6.02. The van der Waals surface area contributed by atoms with E-state index in [4.69, 9.17) is 0 Å². The number of fused-ring (bicyclic) bond motifs is 1. The molecule has 1 unspecified atom stereocenters. The summed E-state index contributed by atoms with van der Waals surface area (Å²) < 4.78 is 1.89. The first-order valence-corrected chi connectivity index (χ1v) is 6.90. The van der Waals surface area contributed by atoms with Crippen LogP contribution in [0.25, 0.3) is 11.4 Å². The van der Waals surface area contributed by atoms with Gasteiger partial charge in [0.25, 0.3) is 0 Å². The van der Waals surface area contributed by atoms with Crippen molar-refractivity contribution in [3.05, 3.63) is 46.4 Å². The molecule has 3 aromatic rings. The second-order valence-electron chi connectivity index (χ2n) is 4.44. The van der Waals surface area contributed by atoms with E-state index < -0.39 is 0 Å². The fraction of sp³-hybridized carbons (Fsp3) is 0.154. The predicted octanol–water partition coefficient (Wildman–Crippen LogP) is 2.68. The van der Waals surface area contributed by atoms with Gasteiger partial charge in [-0.2, -0.15) is 4.98 Å². The van der Waals surface area contributed by atoms with E-state index in [0.29, 0.717) is 0 Å².